The third-order valence-electron chi connectivity index (χ3n) is 5.79. The number of hydrogen-bond acceptors (Lipinski definition) is 1. The summed E-state index contributed by atoms with van der Waals surface area (Å²) < 4.78 is 5.84. The van der Waals surface area contributed by atoms with Crippen LogP contribution in [0.25, 0.3) is 0 Å². The Labute approximate surface area is 148 Å². The maximum atomic E-state index is 5.84. The Hall–Kier alpha value is -1.50. The van der Waals surface area contributed by atoms with E-state index in [9.17, 15) is 0 Å². The number of allylic oxidation sites excluding steroid dienone is 4. The molecular weight excluding hydrogens is 292 g/mol. The van der Waals surface area contributed by atoms with Crippen molar-refractivity contribution in [3.63, 3.8) is 0 Å². The van der Waals surface area contributed by atoms with Gasteiger partial charge >= 0.3 is 0 Å². The molecule has 24 heavy (non-hydrogen) atoms. The SMILES string of the molecule is COc1c(CCC2=C(C)C(C)=C(C)C2C)cc(C)cc1C(C)(C)C. The van der Waals surface area contributed by atoms with Crippen molar-refractivity contribution in [3.05, 3.63) is 51.1 Å². The lowest BCUT2D eigenvalue weighted by Gasteiger charge is -2.25. The summed E-state index contributed by atoms with van der Waals surface area (Å²) in [7, 11) is 1.81. The maximum Gasteiger partial charge on any atom is 0.125 e. The van der Waals surface area contributed by atoms with Gasteiger partial charge in [0.15, 0.2) is 0 Å². The van der Waals surface area contributed by atoms with Crippen LogP contribution in [-0.2, 0) is 11.8 Å². The Morgan fingerprint density at radius 1 is 0.958 bits per heavy atom. The van der Waals surface area contributed by atoms with Gasteiger partial charge in [0.05, 0.1) is 7.11 Å². The van der Waals surface area contributed by atoms with E-state index in [4.69, 9.17) is 4.74 Å². The summed E-state index contributed by atoms with van der Waals surface area (Å²) in [6.45, 7) is 18.1. The van der Waals surface area contributed by atoms with Crippen molar-refractivity contribution in [1.82, 2.24) is 0 Å². The molecule has 0 radical (unpaired) electrons. The van der Waals surface area contributed by atoms with Crippen LogP contribution in [-0.4, -0.2) is 7.11 Å². The van der Waals surface area contributed by atoms with Gasteiger partial charge in [0.2, 0.25) is 0 Å². The molecule has 0 amide bonds. The van der Waals surface area contributed by atoms with Gasteiger partial charge in [0.25, 0.3) is 0 Å². The fraction of sp³-hybridized carbons (Fsp3) is 0.565. The molecule has 0 heterocycles. The third kappa shape index (κ3) is 3.45. The zero-order chi connectivity index (χ0) is 18.2. The number of methoxy groups -OCH3 is 1. The molecular formula is C23H34O. The van der Waals surface area contributed by atoms with Crippen molar-refractivity contribution < 1.29 is 4.74 Å². The molecule has 0 aliphatic heterocycles. The summed E-state index contributed by atoms with van der Waals surface area (Å²) in [5, 5.41) is 0. The summed E-state index contributed by atoms with van der Waals surface area (Å²) in [4.78, 5) is 0. The Morgan fingerprint density at radius 3 is 2.04 bits per heavy atom. The highest BCUT2D eigenvalue weighted by molar-refractivity contribution is 5.50. The van der Waals surface area contributed by atoms with Gasteiger partial charge in [-0.2, -0.15) is 0 Å². The van der Waals surface area contributed by atoms with Crippen molar-refractivity contribution in [3.8, 4) is 5.75 Å². The highest BCUT2D eigenvalue weighted by atomic mass is 16.5. The minimum absolute atomic E-state index is 0.0939. The monoisotopic (exact) mass is 326 g/mol. The molecule has 2 rings (SSSR count). The molecule has 1 aromatic rings. The lowest BCUT2D eigenvalue weighted by Crippen LogP contribution is -2.14. The number of hydrogen-bond donors (Lipinski definition) is 0. The fourth-order valence-electron chi connectivity index (χ4n) is 3.95. The van der Waals surface area contributed by atoms with Crippen LogP contribution in [0.15, 0.2) is 34.4 Å². The van der Waals surface area contributed by atoms with E-state index >= 15 is 0 Å². The molecule has 1 aliphatic rings. The van der Waals surface area contributed by atoms with E-state index in [2.05, 4.69) is 67.5 Å². The molecule has 1 aliphatic carbocycles. The van der Waals surface area contributed by atoms with Crippen LogP contribution in [0, 0.1) is 12.8 Å². The number of aryl methyl sites for hydroxylation is 2. The van der Waals surface area contributed by atoms with E-state index in [1.165, 1.54) is 33.4 Å². The van der Waals surface area contributed by atoms with Crippen LogP contribution in [0.2, 0.25) is 0 Å². The first kappa shape index (κ1) is 18.8. The molecule has 0 saturated carbocycles. The van der Waals surface area contributed by atoms with Gasteiger partial charge in [0, 0.05) is 5.56 Å². The van der Waals surface area contributed by atoms with Crippen LogP contribution in [0.5, 0.6) is 5.75 Å². The lowest BCUT2D eigenvalue weighted by molar-refractivity contribution is 0.392. The normalized spacial score (nSPS) is 18.6. The van der Waals surface area contributed by atoms with Crippen LogP contribution in [0.4, 0.5) is 0 Å². The Morgan fingerprint density at radius 2 is 1.58 bits per heavy atom. The van der Waals surface area contributed by atoms with Crippen molar-refractivity contribution in [2.45, 2.75) is 73.6 Å². The first-order valence-electron chi connectivity index (χ1n) is 9.13. The quantitative estimate of drug-likeness (QED) is 0.610. The standard InChI is InChI=1S/C23H34O/c1-14-12-19(22(24-9)21(13-14)23(6,7)8)10-11-20-17(4)15(2)16(3)18(20)5/h12-13,17H,10-11H2,1-9H3. The second kappa shape index (κ2) is 6.78. The zero-order valence-electron chi connectivity index (χ0n) is 17.1. The minimum atomic E-state index is 0.0939. The van der Waals surface area contributed by atoms with E-state index in [0.29, 0.717) is 5.92 Å². The zero-order valence-corrected chi connectivity index (χ0v) is 17.1. The highest BCUT2D eigenvalue weighted by Gasteiger charge is 2.25. The summed E-state index contributed by atoms with van der Waals surface area (Å²) in [6, 6.07) is 4.58. The first-order valence-corrected chi connectivity index (χ1v) is 9.13. The van der Waals surface area contributed by atoms with E-state index in [1.54, 1.807) is 5.57 Å². The van der Waals surface area contributed by atoms with Gasteiger partial charge in [-0.3, -0.25) is 0 Å². The van der Waals surface area contributed by atoms with Gasteiger partial charge in [-0.05, 0) is 68.6 Å². The topological polar surface area (TPSA) is 9.23 Å². The second-order valence-electron chi connectivity index (χ2n) is 8.43. The number of rotatable bonds is 4. The Bertz CT molecular complexity index is 695. The predicted octanol–water partition coefficient (Wildman–Crippen LogP) is 6.54. The van der Waals surface area contributed by atoms with Crippen LogP contribution >= 0.6 is 0 Å². The van der Waals surface area contributed by atoms with E-state index < -0.39 is 0 Å². The molecule has 0 saturated heterocycles. The van der Waals surface area contributed by atoms with Crippen molar-refractivity contribution in [2.24, 2.45) is 5.92 Å². The maximum absolute atomic E-state index is 5.84. The average molecular weight is 327 g/mol. The lowest BCUT2D eigenvalue weighted by atomic mass is 9.83. The summed E-state index contributed by atoms with van der Waals surface area (Å²) in [5.74, 6) is 1.67. The number of ether oxygens (including phenoxy) is 1. The largest absolute Gasteiger partial charge is 0.496 e. The van der Waals surface area contributed by atoms with Gasteiger partial charge in [-0.25, -0.2) is 0 Å². The molecule has 1 nitrogen and oxygen atoms in total. The molecule has 0 fully saturated rings. The van der Waals surface area contributed by atoms with Crippen molar-refractivity contribution >= 4 is 0 Å². The van der Waals surface area contributed by atoms with Crippen molar-refractivity contribution in [1.29, 1.82) is 0 Å². The predicted molar refractivity (Wildman–Crippen MR) is 105 cm³/mol. The molecule has 1 atom stereocenters. The van der Waals surface area contributed by atoms with Crippen molar-refractivity contribution in [2.75, 3.05) is 7.11 Å². The van der Waals surface area contributed by atoms with E-state index in [0.717, 1.165) is 18.6 Å². The van der Waals surface area contributed by atoms with Crippen LogP contribution in [0.1, 0.15) is 71.6 Å². The average Bonchev–Trinajstić information content (AvgIpc) is 2.68. The molecule has 132 valence electrons. The third-order valence-corrected chi connectivity index (χ3v) is 5.79. The summed E-state index contributed by atoms with van der Waals surface area (Å²) in [5.41, 5.74) is 10.2. The molecule has 1 unspecified atom stereocenters. The van der Waals surface area contributed by atoms with Gasteiger partial charge < -0.3 is 4.74 Å². The minimum Gasteiger partial charge on any atom is -0.496 e. The molecule has 0 bridgehead atoms. The molecule has 1 heteroatoms. The first-order chi connectivity index (χ1) is 11.1. The molecule has 0 aromatic heterocycles. The fourth-order valence-corrected chi connectivity index (χ4v) is 3.95. The summed E-state index contributed by atoms with van der Waals surface area (Å²) >= 11 is 0. The van der Waals surface area contributed by atoms with E-state index in [-0.39, 0.29) is 5.41 Å². The second-order valence-corrected chi connectivity index (χ2v) is 8.43. The van der Waals surface area contributed by atoms with Gasteiger partial charge in [-0.15, -0.1) is 0 Å². The molecule has 0 N–H and O–H groups in total. The molecule has 0 spiro atoms. The smallest absolute Gasteiger partial charge is 0.125 e. The van der Waals surface area contributed by atoms with Gasteiger partial charge in [0.1, 0.15) is 5.75 Å². The van der Waals surface area contributed by atoms with Crippen LogP contribution < -0.4 is 4.74 Å². The highest BCUT2D eigenvalue weighted by Crippen LogP contribution is 2.40. The van der Waals surface area contributed by atoms with Crippen LogP contribution in [0.3, 0.4) is 0 Å². The molecule has 1 aromatic carbocycles. The number of benzene rings is 1. The Kier molecular flexibility index (Phi) is 5.32. The summed E-state index contributed by atoms with van der Waals surface area (Å²) in [6.07, 6.45) is 2.16. The van der Waals surface area contributed by atoms with E-state index in [1.807, 2.05) is 7.11 Å². The van der Waals surface area contributed by atoms with Gasteiger partial charge in [-0.1, -0.05) is 56.5 Å². The Balaban J connectivity index is 2.34.